The van der Waals surface area contributed by atoms with E-state index in [0.29, 0.717) is 0 Å². The van der Waals surface area contributed by atoms with E-state index in [0.717, 1.165) is 13.1 Å². The minimum atomic E-state index is 1.15. The van der Waals surface area contributed by atoms with Gasteiger partial charge in [-0.15, -0.1) is 5.01 Å². The summed E-state index contributed by atoms with van der Waals surface area (Å²) in [6.45, 7) is 13.9. The molecule has 0 aliphatic heterocycles. The summed E-state index contributed by atoms with van der Waals surface area (Å²) < 4.78 is 0. The van der Waals surface area contributed by atoms with Crippen LogP contribution in [-0.2, 0) is 0 Å². The van der Waals surface area contributed by atoms with Crippen LogP contribution in [0.2, 0.25) is 0 Å². The third-order valence-electron chi connectivity index (χ3n) is 3.17. The number of hydrazine groups is 1. The molecule has 97 valence electrons. The minimum absolute atomic E-state index is 1.15. The summed E-state index contributed by atoms with van der Waals surface area (Å²) in [6, 6.07) is 0. The fraction of sp³-hybridized carbons (Fsp3) is 1.00. The molecule has 0 fully saturated rings. The smallest absolute Gasteiger partial charge is 0.107 e. The van der Waals surface area contributed by atoms with E-state index < -0.39 is 0 Å². The van der Waals surface area contributed by atoms with Gasteiger partial charge in [-0.05, 0) is 26.7 Å². The molecule has 0 aliphatic carbocycles. The SMILES string of the molecule is CCCCC[N+](CCCCC)N(CC)CC. The van der Waals surface area contributed by atoms with Crippen molar-refractivity contribution < 1.29 is 0 Å². The van der Waals surface area contributed by atoms with Crippen LogP contribution in [0.3, 0.4) is 0 Å². The van der Waals surface area contributed by atoms with Crippen LogP contribution in [0, 0.1) is 0 Å². The van der Waals surface area contributed by atoms with Gasteiger partial charge in [-0.1, -0.05) is 31.7 Å². The van der Waals surface area contributed by atoms with Crippen LogP contribution in [0.1, 0.15) is 66.2 Å². The van der Waals surface area contributed by atoms with Crippen molar-refractivity contribution in [3.63, 3.8) is 0 Å². The zero-order chi connectivity index (χ0) is 12.2. The van der Waals surface area contributed by atoms with Gasteiger partial charge in [0.2, 0.25) is 0 Å². The molecule has 0 rings (SSSR count). The van der Waals surface area contributed by atoms with E-state index in [-0.39, 0.29) is 0 Å². The molecular weight excluding hydrogens is 196 g/mol. The van der Waals surface area contributed by atoms with Gasteiger partial charge in [0.05, 0.1) is 13.1 Å². The maximum Gasteiger partial charge on any atom is 0.144 e. The first-order chi connectivity index (χ1) is 7.79. The first-order valence-corrected chi connectivity index (χ1v) is 7.29. The number of hydrogen-bond donors (Lipinski definition) is 0. The molecule has 0 amide bonds. The van der Waals surface area contributed by atoms with Gasteiger partial charge in [-0.25, -0.2) is 0 Å². The Kier molecular flexibility index (Phi) is 11.3. The molecule has 0 aromatic rings. The summed E-state index contributed by atoms with van der Waals surface area (Å²) in [5.41, 5.74) is 0. The van der Waals surface area contributed by atoms with E-state index in [2.05, 4.69) is 37.7 Å². The Morgan fingerprint density at radius 2 is 1.12 bits per heavy atom. The zero-order valence-electron chi connectivity index (χ0n) is 12.0. The molecule has 0 atom stereocenters. The van der Waals surface area contributed by atoms with Crippen molar-refractivity contribution in [1.82, 2.24) is 10.0 Å². The molecule has 0 aromatic carbocycles. The van der Waals surface area contributed by atoms with Gasteiger partial charge < -0.3 is 0 Å². The molecule has 1 radical (unpaired) electrons. The molecule has 0 spiro atoms. The van der Waals surface area contributed by atoms with Crippen LogP contribution in [0.25, 0.3) is 0 Å². The summed E-state index contributed by atoms with van der Waals surface area (Å²) in [4.78, 5) is 0. The lowest BCUT2D eigenvalue weighted by Gasteiger charge is -2.22. The van der Waals surface area contributed by atoms with Crippen molar-refractivity contribution >= 4 is 0 Å². The molecule has 0 bridgehead atoms. The molecule has 16 heavy (non-hydrogen) atoms. The lowest BCUT2D eigenvalue weighted by molar-refractivity contribution is 0.0751. The van der Waals surface area contributed by atoms with Crippen molar-refractivity contribution in [3.8, 4) is 0 Å². The molecule has 0 aliphatic rings. The molecule has 0 saturated carbocycles. The Bertz CT molecular complexity index is 123. The number of unbranched alkanes of at least 4 members (excludes halogenated alkanes) is 4. The maximum absolute atomic E-state index is 2.57. The van der Waals surface area contributed by atoms with Crippen molar-refractivity contribution in [3.05, 3.63) is 0 Å². The van der Waals surface area contributed by atoms with Gasteiger partial charge in [-0.3, -0.25) is 0 Å². The molecule has 0 aromatic heterocycles. The van der Waals surface area contributed by atoms with Crippen molar-refractivity contribution in [2.75, 3.05) is 26.2 Å². The fourth-order valence-corrected chi connectivity index (χ4v) is 2.11. The van der Waals surface area contributed by atoms with Gasteiger partial charge in [0.25, 0.3) is 0 Å². The van der Waals surface area contributed by atoms with Crippen LogP contribution < -0.4 is 5.01 Å². The molecule has 2 heteroatoms. The summed E-state index contributed by atoms with van der Waals surface area (Å²) in [6.07, 6.45) is 8.07. The monoisotopic (exact) mass is 228 g/mol. The summed E-state index contributed by atoms with van der Waals surface area (Å²) >= 11 is 0. The average Bonchev–Trinajstić information content (AvgIpc) is 2.30. The highest BCUT2D eigenvalue weighted by Crippen LogP contribution is 2.03. The van der Waals surface area contributed by atoms with Gasteiger partial charge in [0.15, 0.2) is 0 Å². The zero-order valence-corrected chi connectivity index (χ0v) is 12.0. The second-order valence-electron chi connectivity index (χ2n) is 4.51. The summed E-state index contributed by atoms with van der Waals surface area (Å²) in [5.74, 6) is 0. The van der Waals surface area contributed by atoms with E-state index >= 15 is 0 Å². The highest BCUT2D eigenvalue weighted by Gasteiger charge is 2.21. The molecule has 0 saturated heterocycles. The number of hydrogen-bond acceptors (Lipinski definition) is 2. The molecule has 2 nitrogen and oxygen atoms in total. The molecule has 0 unspecified atom stereocenters. The Labute approximate surface area is 103 Å². The van der Waals surface area contributed by atoms with Gasteiger partial charge >= 0.3 is 0 Å². The highest BCUT2D eigenvalue weighted by atomic mass is 15.6. The Hall–Kier alpha value is -0.0800. The minimum Gasteiger partial charge on any atom is -0.107 e. The standard InChI is InChI=1S/C14H32N2/c1-5-9-11-13-16(14-12-10-6-2)15(7-3)8-4/h5-14H2,1-4H3/q+1. The summed E-state index contributed by atoms with van der Waals surface area (Å²) in [7, 11) is 0. The third-order valence-corrected chi connectivity index (χ3v) is 3.17. The number of nitrogens with zero attached hydrogens (tertiary/aromatic N) is 2. The largest absolute Gasteiger partial charge is 0.144 e. The Balaban J connectivity index is 3.93. The Morgan fingerprint density at radius 1 is 0.688 bits per heavy atom. The lowest BCUT2D eigenvalue weighted by atomic mass is 10.2. The second-order valence-corrected chi connectivity index (χ2v) is 4.51. The molecular formula is C14H32N2+. The average molecular weight is 228 g/mol. The normalized spacial score (nSPS) is 11.6. The summed E-state index contributed by atoms with van der Waals surface area (Å²) in [5, 5.41) is 5.07. The maximum atomic E-state index is 2.57. The lowest BCUT2D eigenvalue weighted by Crippen LogP contribution is -2.48. The highest BCUT2D eigenvalue weighted by molar-refractivity contribution is 4.62. The van der Waals surface area contributed by atoms with Gasteiger partial charge in [0, 0.05) is 12.8 Å². The van der Waals surface area contributed by atoms with Crippen LogP contribution in [0.4, 0.5) is 0 Å². The predicted octanol–water partition coefficient (Wildman–Crippen LogP) is 3.76. The number of rotatable bonds is 11. The van der Waals surface area contributed by atoms with Crippen LogP contribution in [0.5, 0.6) is 0 Å². The molecule has 0 heterocycles. The van der Waals surface area contributed by atoms with Crippen LogP contribution in [-0.4, -0.2) is 31.2 Å². The van der Waals surface area contributed by atoms with E-state index in [1.54, 1.807) is 0 Å². The van der Waals surface area contributed by atoms with E-state index in [9.17, 15) is 0 Å². The van der Waals surface area contributed by atoms with Gasteiger partial charge in [-0.2, -0.15) is 0 Å². The van der Waals surface area contributed by atoms with E-state index in [1.165, 1.54) is 51.6 Å². The topological polar surface area (TPSA) is 9.14 Å². The molecule has 0 N–H and O–H groups in total. The first kappa shape index (κ1) is 15.9. The van der Waals surface area contributed by atoms with Crippen LogP contribution in [0.15, 0.2) is 0 Å². The second kappa shape index (κ2) is 11.4. The van der Waals surface area contributed by atoms with Crippen molar-refractivity contribution in [1.29, 1.82) is 0 Å². The Morgan fingerprint density at radius 3 is 1.44 bits per heavy atom. The van der Waals surface area contributed by atoms with E-state index in [1.807, 2.05) is 0 Å². The van der Waals surface area contributed by atoms with Crippen molar-refractivity contribution in [2.24, 2.45) is 0 Å². The quantitative estimate of drug-likeness (QED) is 0.297. The van der Waals surface area contributed by atoms with E-state index in [4.69, 9.17) is 0 Å². The predicted molar refractivity (Wildman–Crippen MR) is 73.8 cm³/mol. The first-order valence-electron chi connectivity index (χ1n) is 7.29. The fourth-order valence-electron chi connectivity index (χ4n) is 2.11. The van der Waals surface area contributed by atoms with Crippen molar-refractivity contribution in [2.45, 2.75) is 66.2 Å². The van der Waals surface area contributed by atoms with Crippen LogP contribution >= 0.6 is 0 Å². The third kappa shape index (κ3) is 7.24. The van der Waals surface area contributed by atoms with Gasteiger partial charge in [0.1, 0.15) is 13.1 Å².